The molecule has 2 fully saturated rings. The van der Waals surface area contributed by atoms with Crippen LogP contribution >= 0.6 is 0 Å². The third-order valence-corrected chi connectivity index (χ3v) is 24.1. The van der Waals surface area contributed by atoms with Gasteiger partial charge in [-0.25, -0.2) is 13.2 Å². The third kappa shape index (κ3) is 34.0. The SMILES string of the molecule is CC(C)(C)OC(=O)CC1CC(CCN)OC(C)(C)O1.CC(C)C(=O)C(C(=O)Cc1ccccc1)C(C(=O)c1ccc(F)cc1)c1ccccc1.CC(C)c1c(C(=O)Cc2ccccc2)c(-c2ccccc2)c(-c2ccc(F)cc2)n1CCC(O)CC(O)CC(=O)OC(C)(C)C.CC(C)c1c(C(=O)Cc2ccccc2)c(-c2ccccc2)c(-c2ccc(F)cc2)n1CCC1CC(CC(=O)OC(C)(C)C)OC(C)(C)O1. The van der Waals surface area contributed by atoms with E-state index in [1.807, 2.05) is 241 Å². The topological polar surface area (TPSA) is 278 Å². The van der Waals surface area contributed by atoms with Gasteiger partial charge in [0.2, 0.25) is 0 Å². The number of nitrogens with zero attached hydrogens (tertiary/aromatic N) is 2. The van der Waals surface area contributed by atoms with Crippen molar-refractivity contribution in [3.63, 3.8) is 0 Å². The van der Waals surface area contributed by atoms with E-state index in [0.29, 0.717) is 55.6 Å². The molecule has 0 spiro atoms. The Morgan fingerprint density at radius 2 is 0.762 bits per heavy atom. The summed E-state index contributed by atoms with van der Waals surface area (Å²) in [5.74, 6) is -7.28. The largest absolute Gasteiger partial charge is 0.460 e. The van der Waals surface area contributed by atoms with Gasteiger partial charge in [0, 0.05) is 90.3 Å². The number of nitrogens with two attached hydrogens (primary N) is 1. The highest BCUT2D eigenvalue weighted by Gasteiger charge is 2.44. The second kappa shape index (κ2) is 51.3. The number of hydrogen-bond donors (Lipinski definition) is 3. The lowest BCUT2D eigenvalue weighted by Crippen LogP contribution is -2.46. The van der Waals surface area contributed by atoms with Crippen LogP contribution in [0.1, 0.15) is 272 Å². The lowest BCUT2D eigenvalue weighted by molar-refractivity contribution is -0.301. The molecule has 2 aromatic heterocycles. The van der Waals surface area contributed by atoms with Crippen molar-refractivity contribution in [1.29, 1.82) is 0 Å². The molecule has 20 nitrogen and oxygen atoms in total. The quantitative estimate of drug-likeness (QED) is 0.0141. The second-order valence-electron chi connectivity index (χ2n) is 41.7. The van der Waals surface area contributed by atoms with Crippen LogP contribution in [0.15, 0.2) is 255 Å². The van der Waals surface area contributed by atoms with E-state index in [4.69, 9.17) is 38.9 Å². The fourth-order valence-electron chi connectivity index (χ4n) is 18.6. The number of benzene rings is 9. The first-order valence-electron chi connectivity index (χ1n) is 49.7. The number of halogens is 3. The van der Waals surface area contributed by atoms with Gasteiger partial charge in [0.15, 0.2) is 28.9 Å². The minimum Gasteiger partial charge on any atom is -0.460 e. The Morgan fingerprint density at radius 3 is 1.13 bits per heavy atom. The Kier molecular flexibility index (Phi) is 40.5. The van der Waals surface area contributed by atoms with Gasteiger partial charge in [0.1, 0.15) is 45.8 Å². The average molecular weight is 1960 g/mol. The van der Waals surface area contributed by atoms with Crippen molar-refractivity contribution >= 4 is 46.8 Å². The third-order valence-electron chi connectivity index (χ3n) is 24.1. The van der Waals surface area contributed by atoms with E-state index in [0.717, 1.165) is 79.3 Å². The molecule has 0 aliphatic carbocycles. The fourth-order valence-corrected chi connectivity index (χ4v) is 18.6. The van der Waals surface area contributed by atoms with Crippen molar-refractivity contribution in [3.05, 3.63) is 323 Å². The Hall–Kier alpha value is -12.2. The normalized spacial score (nSPS) is 16.5. The van der Waals surface area contributed by atoms with Crippen LogP contribution in [0.3, 0.4) is 0 Å². The Labute approximate surface area is 842 Å². The van der Waals surface area contributed by atoms with Crippen LogP contribution in [0.5, 0.6) is 0 Å². The predicted molar refractivity (Wildman–Crippen MR) is 554 cm³/mol. The number of aromatic nitrogens is 2. The van der Waals surface area contributed by atoms with Crippen LogP contribution in [0, 0.1) is 29.3 Å². The molecule has 4 N–H and O–H groups in total. The predicted octanol–water partition coefficient (Wildman–Crippen LogP) is 24.7. The smallest absolute Gasteiger partial charge is 0.308 e. The summed E-state index contributed by atoms with van der Waals surface area (Å²) < 4.78 is 86.5. The van der Waals surface area contributed by atoms with Crippen LogP contribution < -0.4 is 5.73 Å². The van der Waals surface area contributed by atoms with Gasteiger partial charge in [-0.3, -0.25) is 38.4 Å². The standard InChI is InChI=1S/C41H48FNO5.C38H44FNO5.C27H25FO3.C14H27NO4/c1-27(2)38-37(34(44)24-28-14-10-8-11-15-28)36(29-16-12-9-13-17-29)39(30-18-20-31(42)21-19-30)43(38)23-22-32-25-33(47-41(6,7)46-32)26-35(45)48-40(3,4)5;1-25(2)36-35(32(43)22-26-12-8-6-9-13-26)34(27-14-10-7-11-15-27)37(28-16-18-29(39)19-17-28)40(36)21-20-30(41)23-31(42)24-33(44)45-38(3,4)5;1-18(2)26(30)25(23(29)17-19-9-5-3-6-10-19)24(20-11-7-4-8-12-20)27(31)21-13-15-22(28)16-14-21;1-13(2,3)19-12(16)9-11-8-10(6-7-15)17-14(4,5)18-11/h8-21,27,32-33H,22-26H2,1-7H3;6-19,25,30-31,41-42H,20-24H2,1-5H3;3-16,18,24-25H,17H2,1-2H3;10-11H,6-9,15H2,1-5H3. The highest BCUT2D eigenvalue weighted by molar-refractivity contribution is 6.13. The summed E-state index contributed by atoms with van der Waals surface area (Å²) in [6.45, 7) is 37.1. The molecule has 11 aromatic rings. The number of rotatable bonds is 37. The number of ether oxygens (including phenoxy) is 7. The van der Waals surface area contributed by atoms with Crippen LogP contribution in [-0.4, -0.2) is 138 Å². The molecule has 8 atom stereocenters. The summed E-state index contributed by atoms with van der Waals surface area (Å²) in [7, 11) is 0. The van der Waals surface area contributed by atoms with Gasteiger partial charge in [0.05, 0.1) is 79.1 Å². The van der Waals surface area contributed by atoms with Crippen molar-refractivity contribution < 1.29 is 94.9 Å². The minimum absolute atomic E-state index is 0.00310. The van der Waals surface area contributed by atoms with Crippen LogP contribution in [-0.2, 0) is 89.5 Å². The number of carbonyl (C=O) groups excluding carboxylic acids is 8. The molecule has 762 valence electrons. The molecule has 13 rings (SSSR count). The summed E-state index contributed by atoms with van der Waals surface area (Å²) >= 11 is 0. The maximum Gasteiger partial charge on any atom is 0.308 e. The van der Waals surface area contributed by atoms with E-state index in [1.165, 1.54) is 48.5 Å². The van der Waals surface area contributed by atoms with E-state index in [1.54, 1.807) is 83.1 Å². The summed E-state index contributed by atoms with van der Waals surface area (Å²) in [6, 6.07) is 75.1. The first-order chi connectivity index (χ1) is 67.5. The Balaban J connectivity index is 0.000000205. The molecule has 0 amide bonds. The van der Waals surface area contributed by atoms with Crippen molar-refractivity contribution in [2.75, 3.05) is 6.54 Å². The van der Waals surface area contributed by atoms with Gasteiger partial charge in [-0.1, -0.05) is 224 Å². The Bertz CT molecular complexity index is 5980. The van der Waals surface area contributed by atoms with Gasteiger partial charge < -0.3 is 58.2 Å². The molecule has 143 heavy (non-hydrogen) atoms. The first kappa shape index (κ1) is 113. The van der Waals surface area contributed by atoms with Crippen LogP contribution in [0.25, 0.3) is 44.8 Å². The van der Waals surface area contributed by atoms with Crippen molar-refractivity contribution in [3.8, 4) is 44.8 Å². The summed E-state index contributed by atoms with van der Waals surface area (Å²) in [4.78, 5) is 106. The molecule has 2 aliphatic heterocycles. The number of esters is 3. The van der Waals surface area contributed by atoms with Crippen LogP contribution in [0.2, 0.25) is 0 Å². The van der Waals surface area contributed by atoms with Gasteiger partial charge in [-0.05, 0) is 251 Å². The van der Waals surface area contributed by atoms with E-state index in [9.17, 15) is 61.7 Å². The number of Topliss-reactive ketones (excluding diaryl/α,β-unsaturated/α-hetero) is 5. The first-order valence-corrected chi connectivity index (χ1v) is 49.7. The van der Waals surface area contributed by atoms with Crippen LogP contribution in [0.4, 0.5) is 13.2 Å². The second-order valence-corrected chi connectivity index (χ2v) is 41.7. The number of ketones is 5. The van der Waals surface area contributed by atoms with Gasteiger partial charge in [0.25, 0.3) is 0 Å². The number of aliphatic hydroxyl groups is 2. The van der Waals surface area contributed by atoms with E-state index < -0.39 is 70.1 Å². The highest BCUT2D eigenvalue weighted by Crippen LogP contribution is 2.47. The maximum absolute atomic E-state index is 14.5. The minimum atomic E-state index is -1.12. The zero-order chi connectivity index (χ0) is 104. The zero-order valence-electron chi connectivity index (χ0n) is 86.3. The number of hydrogen-bond acceptors (Lipinski definition) is 18. The summed E-state index contributed by atoms with van der Waals surface area (Å²) in [5.41, 5.74) is 17.0. The molecule has 2 aliphatic rings. The zero-order valence-corrected chi connectivity index (χ0v) is 86.3. The average Bonchev–Trinajstić information content (AvgIpc) is 1.59. The number of aliphatic hydroxyl groups excluding tert-OH is 2. The summed E-state index contributed by atoms with van der Waals surface area (Å²) in [5, 5.41) is 21.6. The molecule has 4 heterocycles. The van der Waals surface area contributed by atoms with E-state index in [2.05, 4.69) is 23.0 Å². The van der Waals surface area contributed by atoms with Gasteiger partial charge >= 0.3 is 17.9 Å². The molecule has 23 heteroatoms. The molecule has 8 unspecified atom stereocenters. The lowest BCUT2D eigenvalue weighted by Gasteiger charge is -2.41. The summed E-state index contributed by atoms with van der Waals surface area (Å²) in [6.07, 6.45) is 0.869. The molecule has 0 bridgehead atoms. The molecular weight excluding hydrogens is 1810 g/mol. The lowest BCUT2D eigenvalue weighted by atomic mass is 9.73. The molecule has 0 radical (unpaired) electrons. The molecule has 9 aromatic carbocycles. The van der Waals surface area contributed by atoms with E-state index >= 15 is 0 Å². The van der Waals surface area contributed by atoms with Gasteiger partial charge in [-0.15, -0.1) is 0 Å². The van der Waals surface area contributed by atoms with Crippen molar-refractivity contribution in [1.82, 2.24) is 9.13 Å². The number of carbonyl (C=O) groups is 8. The van der Waals surface area contributed by atoms with Gasteiger partial charge in [-0.2, -0.15) is 0 Å². The molecule has 2 saturated heterocycles. The highest BCUT2D eigenvalue weighted by atomic mass is 19.1. The van der Waals surface area contributed by atoms with Crippen molar-refractivity contribution in [2.45, 2.75) is 304 Å². The fraction of sp³-hybridized carbons (Fsp3) is 0.417. The maximum atomic E-state index is 14.5. The Morgan fingerprint density at radius 1 is 0.420 bits per heavy atom. The monoisotopic (exact) mass is 1960 g/mol. The molecular formula is C120H144F3N3O17. The molecule has 0 saturated carbocycles. The van der Waals surface area contributed by atoms with E-state index in [-0.39, 0.29) is 146 Å². The van der Waals surface area contributed by atoms with Crippen molar-refractivity contribution in [2.24, 2.45) is 17.6 Å².